The topological polar surface area (TPSA) is 43.8 Å². The quantitative estimate of drug-likeness (QED) is 0.902. The molecule has 1 atom stereocenters. The maximum atomic E-state index is 13.1. The molecule has 0 bridgehead atoms. The maximum Gasteiger partial charge on any atom is 0.232 e. The fourth-order valence-corrected chi connectivity index (χ4v) is 3.18. The fourth-order valence-electron chi connectivity index (χ4n) is 3.18. The van der Waals surface area contributed by atoms with Crippen molar-refractivity contribution in [1.29, 1.82) is 0 Å². The third kappa shape index (κ3) is 3.90. The van der Waals surface area contributed by atoms with E-state index in [1.54, 1.807) is 12.1 Å². The van der Waals surface area contributed by atoms with Gasteiger partial charge in [-0.2, -0.15) is 0 Å². The third-order valence-electron chi connectivity index (χ3n) is 4.90. The van der Waals surface area contributed by atoms with Crippen LogP contribution in [0, 0.1) is 5.82 Å². The monoisotopic (exact) mass is 322 g/mol. The van der Waals surface area contributed by atoms with Crippen molar-refractivity contribution in [3.63, 3.8) is 0 Å². The molecule has 0 aliphatic carbocycles. The Morgan fingerprint density at radius 2 is 1.78 bits per heavy atom. The van der Waals surface area contributed by atoms with Crippen molar-refractivity contribution < 1.29 is 14.3 Å². The molecular formula is C18H27FN2O2. The highest BCUT2D eigenvalue weighted by Crippen LogP contribution is 2.26. The Kier molecular flexibility index (Phi) is 5.76. The molecule has 2 rings (SSSR count). The molecule has 23 heavy (non-hydrogen) atoms. The number of amides is 1. The number of aliphatic hydroxyl groups excluding tert-OH is 1. The van der Waals surface area contributed by atoms with E-state index in [9.17, 15) is 14.3 Å². The van der Waals surface area contributed by atoms with E-state index in [1.807, 2.05) is 18.7 Å². The summed E-state index contributed by atoms with van der Waals surface area (Å²) < 4.78 is 13.1. The minimum atomic E-state index is -0.670. The Hall–Kier alpha value is -1.46. The van der Waals surface area contributed by atoms with E-state index in [2.05, 4.69) is 11.8 Å². The lowest BCUT2D eigenvalue weighted by Crippen LogP contribution is -2.55. The number of hydrogen-bond acceptors (Lipinski definition) is 3. The van der Waals surface area contributed by atoms with Gasteiger partial charge in [-0.1, -0.05) is 19.1 Å². The first-order chi connectivity index (χ1) is 10.9. The van der Waals surface area contributed by atoms with Crippen LogP contribution in [0.5, 0.6) is 0 Å². The summed E-state index contributed by atoms with van der Waals surface area (Å²) in [5.41, 5.74) is 0.157. The van der Waals surface area contributed by atoms with E-state index in [4.69, 9.17) is 0 Å². The van der Waals surface area contributed by atoms with Crippen molar-refractivity contribution in [3.05, 3.63) is 35.6 Å². The van der Waals surface area contributed by atoms with Crippen LogP contribution in [0.25, 0.3) is 0 Å². The molecule has 1 aromatic carbocycles. The molecular weight excluding hydrogens is 295 g/mol. The number of halogens is 1. The van der Waals surface area contributed by atoms with Gasteiger partial charge in [0, 0.05) is 32.2 Å². The first kappa shape index (κ1) is 17.9. The van der Waals surface area contributed by atoms with Gasteiger partial charge in [-0.25, -0.2) is 4.39 Å². The Morgan fingerprint density at radius 1 is 1.22 bits per heavy atom. The second-order valence-electron chi connectivity index (χ2n) is 6.70. The zero-order chi connectivity index (χ0) is 17.0. The molecule has 1 aromatic rings. The second kappa shape index (κ2) is 7.41. The molecule has 0 aromatic heterocycles. The van der Waals surface area contributed by atoms with E-state index in [0.29, 0.717) is 13.1 Å². The van der Waals surface area contributed by atoms with Gasteiger partial charge in [0.1, 0.15) is 5.82 Å². The van der Waals surface area contributed by atoms with Crippen LogP contribution in [0.2, 0.25) is 0 Å². The zero-order valence-corrected chi connectivity index (χ0v) is 14.3. The van der Waals surface area contributed by atoms with Crippen LogP contribution in [0.1, 0.15) is 32.8 Å². The highest BCUT2D eigenvalue weighted by molar-refractivity contribution is 5.87. The molecule has 1 aliphatic heterocycles. The normalized spacial score (nSPS) is 18.0. The largest absolute Gasteiger partial charge is 0.395 e. The number of nitrogens with zero attached hydrogens (tertiary/aromatic N) is 2. The van der Waals surface area contributed by atoms with Crippen LogP contribution in [0.4, 0.5) is 4.39 Å². The van der Waals surface area contributed by atoms with Gasteiger partial charge in [-0.05, 0) is 38.0 Å². The van der Waals surface area contributed by atoms with Crippen molar-refractivity contribution in [1.82, 2.24) is 9.80 Å². The Bertz CT molecular complexity index is 518. The van der Waals surface area contributed by atoms with Gasteiger partial charge in [0.05, 0.1) is 12.0 Å². The number of rotatable bonds is 5. The van der Waals surface area contributed by atoms with Gasteiger partial charge in [-0.3, -0.25) is 9.69 Å². The third-order valence-corrected chi connectivity index (χ3v) is 4.90. The zero-order valence-electron chi connectivity index (χ0n) is 14.3. The summed E-state index contributed by atoms with van der Waals surface area (Å²) in [4.78, 5) is 17.0. The predicted molar refractivity (Wildman–Crippen MR) is 88.7 cm³/mol. The summed E-state index contributed by atoms with van der Waals surface area (Å²) in [6.45, 7) is 8.89. The lowest BCUT2D eigenvalue weighted by atomic mass is 9.83. The highest BCUT2D eigenvalue weighted by atomic mass is 19.1. The van der Waals surface area contributed by atoms with Gasteiger partial charge < -0.3 is 10.0 Å². The average molecular weight is 322 g/mol. The fraction of sp³-hybridized carbons (Fsp3) is 0.611. The molecule has 5 heteroatoms. The summed E-state index contributed by atoms with van der Waals surface area (Å²) in [6.07, 6.45) is 0.908. The summed E-state index contributed by atoms with van der Waals surface area (Å²) in [6, 6.07) is 6.34. The lowest BCUT2D eigenvalue weighted by molar-refractivity contribution is -0.138. The summed E-state index contributed by atoms with van der Waals surface area (Å²) in [5, 5.41) is 9.40. The van der Waals surface area contributed by atoms with Crippen LogP contribution in [-0.2, 0) is 10.2 Å². The first-order valence-corrected chi connectivity index (χ1v) is 8.30. The Balaban J connectivity index is 2.02. The highest BCUT2D eigenvalue weighted by Gasteiger charge is 2.35. The number of benzene rings is 1. The molecule has 1 fully saturated rings. The van der Waals surface area contributed by atoms with E-state index < -0.39 is 5.41 Å². The lowest BCUT2D eigenvalue weighted by Gasteiger charge is -2.41. The van der Waals surface area contributed by atoms with Crippen molar-refractivity contribution in [2.75, 3.05) is 32.8 Å². The predicted octanol–water partition coefficient (Wildman–Crippen LogP) is 2.02. The minimum absolute atomic E-state index is 0.0702. The van der Waals surface area contributed by atoms with Gasteiger partial charge in [0.25, 0.3) is 0 Å². The molecule has 0 saturated carbocycles. The number of aliphatic hydroxyl groups is 1. The summed E-state index contributed by atoms with van der Waals surface area (Å²) in [7, 11) is 0. The minimum Gasteiger partial charge on any atom is -0.395 e. The molecule has 128 valence electrons. The van der Waals surface area contributed by atoms with Crippen LogP contribution in [0.3, 0.4) is 0 Å². The molecule has 0 spiro atoms. The molecule has 4 nitrogen and oxygen atoms in total. The van der Waals surface area contributed by atoms with Crippen molar-refractivity contribution in [2.24, 2.45) is 0 Å². The van der Waals surface area contributed by atoms with Gasteiger partial charge in [0.2, 0.25) is 5.91 Å². The van der Waals surface area contributed by atoms with Crippen molar-refractivity contribution in [3.8, 4) is 0 Å². The second-order valence-corrected chi connectivity index (χ2v) is 6.70. The van der Waals surface area contributed by atoms with Crippen molar-refractivity contribution >= 4 is 5.91 Å². The van der Waals surface area contributed by atoms with Crippen molar-refractivity contribution in [2.45, 2.75) is 38.6 Å². The van der Waals surface area contributed by atoms with Crippen LogP contribution in [0.15, 0.2) is 24.3 Å². The van der Waals surface area contributed by atoms with E-state index >= 15 is 0 Å². The van der Waals surface area contributed by atoms with E-state index in [1.165, 1.54) is 12.1 Å². The summed E-state index contributed by atoms with van der Waals surface area (Å²) in [5.74, 6) is -0.221. The van der Waals surface area contributed by atoms with E-state index in [0.717, 1.165) is 25.1 Å². The first-order valence-electron chi connectivity index (χ1n) is 8.30. The van der Waals surface area contributed by atoms with Crippen LogP contribution >= 0.6 is 0 Å². The smallest absolute Gasteiger partial charge is 0.232 e. The molecule has 1 unspecified atom stereocenters. The number of carbonyl (C=O) groups is 1. The Morgan fingerprint density at radius 3 is 2.26 bits per heavy atom. The maximum absolute atomic E-state index is 13.1. The summed E-state index contributed by atoms with van der Waals surface area (Å²) >= 11 is 0. The van der Waals surface area contributed by atoms with Gasteiger partial charge >= 0.3 is 0 Å². The molecule has 0 radical (unpaired) electrons. The average Bonchev–Trinajstić information content (AvgIpc) is 2.56. The SMILES string of the molecule is CCC(CO)N1CCN(C(=O)C(C)(C)c2ccc(F)cc2)CC1. The molecule has 1 N–H and O–H groups in total. The number of carbonyl (C=O) groups excluding carboxylic acids is 1. The molecule has 1 aliphatic rings. The van der Waals surface area contributed by atoms with Gasteiger partial charge in [0.15, 0.2) is 0 Å². The van der Waals surface area contributed by atoms with Gasteiger partial charge in [-0.15, -0.1) is 0 Å². The molecule has 1 heterocycles. The van der Waals surface area contributed by atoms with Crippen LogP contribution in [-0.4, -0.2) is 59.6 Å². The number of piperazine rings is 1. The van der Waals surface area contributed by atoms with Crippen LogP contribution < -0.4 is 0 Å². The molecule has 1 saturated heterocycles. The molecule has 1 amide bonds. The standard InChI is InChI=1S/C18H27FN2O2/c1-4-16(13-22)20-9-11-21(12-10-20)17(23)18(2,3)14-5-7-15(19)8-6-14/h5-8,16,22H,4,9-13H2,1-3H3. The Labute approximate surface area is 137 Å². The van der Waals surface area contributed by atoms with E-state index in [-0.39, 0.29) is 24.4 Å². The number of hydrogen-bond donors (Lipinski definition) is 1.